The fourth-order valence-electron chi connectivity index (χ4n) is 3.40. The second-order valence-electron chi connectivity index (χ2n) is 7.38. The molecule has 1 aromatic carbocycles. The van der Waals surface area contributed by atoms with Crippen LogP contribution < -0.4 is 16.0 Å². The largest absolute Gasteiger partial charge is 0.379 e. The number of pyridine rings is 1. The van der Waals surface area contributed by atoms with Crippen LogP contribution >= 0.6 is 0 Å². The number of carbonyl (C=O) groups excluding carboxylic acids is 1. The summed E-state index contributed by atoms with van der Waals surface area (Å²) in [6.07, 6.45) is 7.55. The highest BCUT2D eigenvalue weighted by molar-refractivity contribution is 5.95. The molecule has 1 amide bonds. The highest BCUT2D eigenvalue weighted by atomic mass is 16.5. The van der Waals surface area contributed by atoms with Crippen molar-refractivity contribution in [1.29, 1.82) is 0 Å². The van der Waals surface area contributed by atoms with Crippen molar-refractivity contribution in [2.24, 2.45) is 0 Å². The molecule has 3 aromatic rings. The molecule has 1 fully saturated rings. The van der Waals surface area contributed by atoms with Gasteiger partial charge < -0.3 is 20.7 Å². The molecule has 0 atom stereocenters. The maximum absolute atomic E-state index is 12.6. The summed E-state index contributed by atoms with van der Waals surface area (Å²) in [5, 5.41) is 9.48. The van der Waals surface area contributed by atoms with Crippen molar-refractivity contribution in [3.05, 3.63) is 66.7 Å². The van der Waals surface area contributed by atoms with Gasteiger partial charge in [0.2, 0.25) is 0 Å². The molecule has 1 aliphatic rings. The lowest BCUT2D eigenvalue weighted by Crippen LogP contribution is -2.38. The Balaban J connectivity index is 1.33. The average Bonchev–Trinajstić information content (AvgIpc) is 2.84. The minimum atomic E-state index is -0.0927. The Bertz CT molecular complexity index is 1010. The SMILES string of the molecule is O=C(NCCCN1CCOCC1)c1cccc(Nc2nccnc2Nc2ccncc2)c1. The molecule has 3 N–H and O–H groups in total. The number of rotatable bonds is 9. The summed E-state index contributed by atoms with van der Waals surface area (Å²) in [7, 11) is 0. The molecule has 0 aliphatic carbocycles. The van der Waals surface area contributed by atoms with Crippen molar-refractivity contribution in [3.8, 4) is 0 Å². The number of ether oxygens (including phenoxy) is 1. The molecule has 1 saturated heterocycles. The van der Waals surface area contributed by atoms with Gasteiger partial charge in [-0.3, -0.25) is 14.7 Å². The van der Waals surface area contributed by atoms with E-state index in [2.05, 4.69) is 35.8 Å². The topological polar surface area (TPSA) is 104 Å². The van der Waals surface area contributed by atoms with Crippen LogP contribution in [0.1, 0.15) is 16.8 Å². The van der Waals surface area contributed by atoms with Crippen LogP contribution in [0.3, 0.4) is 0 Å². The van der Waals surface area contributed by atoms with Gasteiger partial charge in [-0.2, -0.15) is 0 Å². The van der Waals surface area contributed by atoms with Crippen LogP contribution in [0.15, 0.2) is 61.2 Å². The van der Waals surface area contributed by atoms with Crippen LogP contribution in [0.25, 0.3) is 0 Å². The number of amides is 1. The molecule has 4 rings (SSSR count). The van der Waals surface area contributed by atoms with Gasteiger partial charge in [0.15, 0.2) is 11.6 Å². The van der Waals surface area contributed by atoms with Crippen LogP contribution in [0.5, 0.6) is 0 Å². The van der Waals surface area contributed by atoms with Crippen LogP contribution in [0.4, 0.5) is 23.0 Å². The molecule has 0 saturated carbocycles. The molecule has 166 valence electrons. The number of anilines is 4. The third-order valence-corrected chi connectivity index (χ3v) is 5.07. The summed E-state index contributed by atoms with van der Waals surface area (Å²) in [5.74, 6) is 1.05. The van der Waals surface area contributed by atoms with E-state index in [1.807, 2.05) is 30.3 Å². The zero-order valence-electron chi connectivity index (χ0n) is 17.8. The molecular formula is C23H27N7O2. The first kappa shape index (κ1) is 21.7. The van der Waals surface area contributed by atoms with Gasteiger partial charge in [-0.05, 0) is 43.3 Å². The van der Waals surface area contributed by atoms with Gasteiger partial charge in [-0.1, -0.05) is 6.07 Å². The van der Waals surface area contributed by atoms with E-state index in [0.717, 1.165) is 50.6 Å². The van der Waals surface area contributed by atoms with Crippen molar-refractivity contribution in [3.63, 3.8) is 0 Å². The molecule has 0 spiro atoms. The Morgan fingerprint density at radius 3 is 2.41 bits per heavy atom. The quantitative estimate of drug-likeness (QED) is 0.443. The van der Waals surface area contributed by atoms with Gasteiger partial charge in [-0.15, -0.1) is 0 Å². The molecule has 32 heavy (non-hydrogen) atoms. The van der Waals surface area contributed by atoms with E-state index in [-0.39, 0.29) is 5.91 Å². The first-order valence-electron chi connectivity index (χ1n) is 10.7. The highest BCUT2D eigenvalue weighted by Crippen LogP contribution is 2.24. The second-order valence-corrected chi connectivity index (χ2v) is 7.38. The van der Waals surface area contributed by atoms with Gasteiger partial charge in [0.05, 0.1) is 13.2 Å². The van der Waals surface area contributed by atoms with E-state index < -0.39 is 0 Å². The summed E-state index contributed by atoms with van der Waals surface area (Å²) in [4.78, 5) is 27.7. The fourth-order valence-corrected chi connectivity index (χ4v) is 3.40. The highest BCUT2D eigenvalue weighted by Gasteiger charge is 2.11. The molecule has 0 unspecified atom stereocenters. The van der Waals surface area contributed by atoms with Crippen molar-refractivity contribution >= 4 is 28.9 Å². The Morgan fingerprint density at radius 1 is 0.938 bits per heavy atom. The Labute approximate surface area is 187 Å². The van der Waals surface area contributed by atoms with Crippen molar-refractivity contribution in [2.45, 2.75) is 6.42 Å². The van der Waals surface area contributed by atoms with E-state index in [4.69, 9.17) is 4.74 Å². The van der Waals surface area contributed by atoms with Gasteiger partial charge in [-0.25, -0.2) is 9.97 Å². The van der Waals surface area contributed by atoms with Crippen molar-refractivity contribution in [2.75, 3.05) is 50.0 Å². The maximum atomic E-state index is 12.6. The van der Waals surface area contributed by atoms with Gasteiger partial charge in [0, 0.05) is 61.4 Å². The number of hydrogen-bond acceptors (Lipinski definition) is 8. The van der Waals surface area contributed by atoms with Crippen LogP contribution in [0.2, 0.25) is 0 Å². The zero-order chi connectivity index (χ0) is 22.0. The maximum Gasteiger partial charge on any atom is 0.251 e. The predicted molar refractivity (Wildman–Crippen MR) is 123 cm³/mol. The third-order valence-electron chi connectivity index (χ3n) is 5.07. The minimum Gasteiger partial charge on any atom is -0.379 e. The summed E-state index contributed by atoms with van der Waals surface area (Å²) in [5.41, 5.74) is 2.20. The Morgan fingerprint density at radius 2 is 1.66 bits per heavy atom. The Kier molecular flexibility index (Phi) is 7.56. The van der Waals surface area contributed by atoms with Crippen LogP contribution in [0, 0.1) is 0 Å². The van der Waals surface area contributed by atoms with Gasteiger partial charge in [0.1, 0.15) is 0 Å². The molecule has 9 heteroatoms. The number of carbonyl (C=O) groups is 1. The molecule has 9 nitrogen and oxygen atoms in total. The predicted octanol–water partition coefficient (Wildman–Crippen LogP) is 2.81. The number of hydrogen-bond donors (Lipinski definition) is 3. The van der Waals surface area contributed by atoms with Crippen LogP contribution in [-0.4, -0.2) is 65.2 Å². The third kappa shape index (κ3) is 6.22. The number of benzene rings is 1. The molecule has 0 bridgehead atoms. The normalized spacial score (nSPS) is 14.0. The summed E-state index contributed by atoms with van der Waals surface area (Å²) < 4.78 is 5.36. The zero-order valence-corrected chi connectivity index (χ0v) is 17.8. The van der Waals surface area contributed by atoms with E-state index in [0.29, 0.717) is 23.7 Å². The van der Waals surface area contributed by atoms with Gasteiger partial charge >= 0.3 is 0 Å². The van der Waals surface area contributed by atoms with E-state index in [1.54, 1.807) is 30.9 Å². The Hall–Kier alpha value is -3.56. The van der Waals surface area contributed by atoms with E-state index in [1.165, 1.54) is 0 Å². The number of morpholine rings is 1. The summed E-state index contributed by atoms with van der Waals surface area (Å²) >= 11 is 0. The first-order valence-corrected chi connectivity index (χ1v) is 10.7. The van der Waals surface area contributed by atoms with Crippen molar-refractivity contribution < 1.29 is 9.53 Å². The lowest BCUT2D eigenvalue weighted by atomic mass is 10.2. The molecule has 2 aromatic heterocycles. The second kappa shape index (κ2) is 11.2. The first-order chi connectivity index (χ1) is 15.8. The molecule has 1 aliphatic heterocycles. The summed E-state index contributed by atoms with van der Waals surface area (Å²) in [6, 6.07) is 11.0. The van der Waals surface area contributed by atoms with E-state index >= 15 is 0 Å². The summed E-state index contributed by atoms with van der Waals surface area (Å²) in [6.45, 7) is 5.10. The lowest BCUT2D eigenvalue weighted by Gasteiger charge is -2.26. The molecule has 0 radical (unpaired) electrons. The lowest BCUT2D eigenvalue weighted by molar-refractivity contribution is 0.0374. The smallest absolute Gasteiger partial charge is 0.251 e. The standard InChI is InChI=1S/C23H27N7O2/c31-23(27-7-2-12-30-13-15-32-16-14-30)18-3-1-4-20(17-18)29-22-21(25-10-11-26-22)28-19-5-8-24-9-6-19/h1,3-6,8-11,17H,2,7,12-16H2,(H,26,29)(H,27,31)(H,24,25,28). The number of nitrogens with zero attached hydrogens (tertiary/aromatic N) is 4. The average molecular weight is 434 g/mol. The van der Waals surface area contributed by atoms with Crippen LogP contribution in [-0.2, 0) is 4.74 Å². The van der Waals surface area contributed by atoms with Crippen molar-refractivity contribution in [1.82, 2.24) is 25.2 Å². The van der Waals surface area contributed by atoms with E-state index in [9.17, 15) is 4.79 Å². The monoisotopic (exact) mass is 433 g/mol. The molecule has 3 heterocycles. The molecular weight excluding hydrogens is 406 g/mol. The minimum absolute atomic E-state index is 0.0927. The fraction of sp³-hybridized carbons (Fsp3) is 0.304. The number of nitrogens with one attached hydrogen (secondary N) is 3. The van der Waals surface area contributed by atoms with Gasteiger partial charge in [0.25, 0.3) is 5.91 Å². The number of aromatic nitrogens is 3.